The van der Waals surface area contributed by atoms with Gasteiger partial charge in [-0.2, -0.15) is 4.31 Å². The Morgan fingerprint density at radius 2 is 1.76 bits per heavy atom. The maximum absolute atomic E-state index is 12.9. The van der Waals surface area contributed by atoms with Crippen LogP contribution >= 0.6 is 0 Å². The van der Waals surface area contributed by atoms with Gasteiger partial charge >= 0.3 is 0 Å². The first-order chi connectivity index (χ1) is 9.80. The summed E-state index contributed by atoms with van der Waals surface area (Å²) < 4.78 is 27.5. The van der Waals surface area contributed by atoms with Crippen molar-refractivity contribution < 1.29 is 8.42 Å². The molecule has 0 amide bonds. The molecule has 1 fully saturated rings. The van der Waals surface area contributed by atoms with Crippen LogP contribution in [0.5, 0.6) is 0 Å². The Morgan fingerprint density at radius 1 is 1.10 bits per heavy atom. The maximum Gasteiger partial charge on any atom is 0.243 e. The van der Waals surface area contributed by atoms with E-state index in [4.69, 9.17) is 0 Å². The van der Waals surface area contributed by atoms with Gasteiger partial charge < -0.3 is 0 Å². The fraction of sp³-hybridized carbons (Fsp3) is 0.529. The van der Waals surface area contributed by atoms with Gasteiger partial charge in [0.25, 0.3) is 0 Å². The predicted octanol–water partition coefficient (Wildman–Crippen LogP) is 3.47. The van der Waals surface area contributed by atoms with E-state index in [1.165, 1.54) is 0 Å². The topological polar surface area (TPSA) is 37.4 Å². The fourth-order valence-corrected chi connectivity index (χ4v) is 5.15. The summed E-state index contributed by atoms with van der Waals surface area (Å²) in [5.74, 6) is 0. The van der Waals surface area contributed by atoms with E-state index in [1.807, 2.05) is 18.2 Å². The van der Waals surface area contributed by atoms with Gasteiger partial charge in [-0.05, 0) is 42.4 Å². The summed E-state index contributed by atoms with van der Waals surface area (Å²) in [6.45, 7) is 6.39. The first-order valence-corrected chi connectivity index (χ1v) is 9.05. The van der Waals surface area contributed by atoms with Gasteiger partial charge in [0.1, 0.15) is 0 Å². The van der Waals surface area contributed by atoms with Crippen molar-refractivity contribution >= 4 is 10.0 Å². The molecule has 0 saturated carbocycles. The van der Waals surface area contributed by atoms with Crippen molar-refractivity contribution in [2.45, 2.75) is 62.4 Å². The van der Waals surface area contributed by atoms with E-state index in [1.54, 1.807) is 16.4 Å². The first kappa shape index (κ1) is 14.8. The number of rotatable bonds is 2. The SMILES string of the molecule is CC(C)(C)c1ccc(S(=O)(=O)N2[C@H]3CC=C[C@H]2CC3)cc1. The third kappa shape index (κ3) is 2.55. The molecule has 2 heterocycles. The Balaban J connectivity index is 1.94. The van der Waals surface area contributed by atoms with Gasteiger partial charge in [-0.15, -0.1) is 0 Å². The van der Waals surface area contributed by atoms with Gasteiger partial charge in [-0.1, -0.05) is 45.1 Å². The van der Waals surface area contributed by atoms with E-state index < -0.39 is 10.0 Å². The van der Waals surface area contributed by atoms with Crippen LogP contribution in [-0.2, 0) is 15.4 Å². The summed E-state index contributed by atoms with van der Waals surface area (Å²) in [5.41, 5.74) is 1.19. The number of hydrogen-bond donors (Lipinski definition) is 0. The zero-order valence-electron chi connectivity index (χ0n) is 12.9. The molecule has 1 aromatic rings. The van der Waals surface area contributed by atoms with Crippen molar-refractivity contribution in [3.05, 3.63) is 42.0 Å². The molecular weight excluding hydrogens is 282 g/mol. The molecule has 0 aromatic heterocycles. The number of nitrogens with zero attached hydrogens (tertiary/aromatic N) is 1. The van der Waals surface area contributed by atoms with Crippen LogP contribution in [0.15, 0.2) is 41.3 Å². The molecule has 0 spiro atoms. The summed E-state index contributed by atoms with van der Waals surface area (Å²) in [6.07, 6.45) is 6.93. The van der Waals surface area contributed by atoms with Crippen molar-refractivity contribution in [2.75, 3.05) is 0 Å². The van der Waals surface area contributed by atoms with Crippen molar-refractivity contribution in [3.8, 4) is 0 Å². The van der Waals surface area contributed by atoms with Gasteiger partial charge in [0, 0.05) is 12.1 Å². The molecule has 4 heteroatoms. The smallest absolute Gasteiger partial charge is 0.207 e. The molecule has 2 bridgehead atoms. The van der Waals surface area contributed by atoms with Crippen LogP contribution in [0.1, 0.15) is 45.6 Å². The van der Waals surface area contributed by atoms with Crippen LogP contribution < -0.4 is 0 Å². The van der Waals surface area contributed by atoms with Crippen molar-refractivity contribution in [3.63, 3.8) is 0 Å². The second-order valence-electron chi connectivity index (χ2n) is 7.07. The minimum absolute atomic E-state index is 0.0369. The molecule has 0 unspecified atom stereocenters. The number of benzene rings is 1. The van der Waals surface area contributed by atoms with Crippen molar-refractivity contribution in [2.24, 2.45) is 0 Å². The van der Waals surface area contributed by atoms with E-state index in [9.17, 15) is 8.42 Å². The van der Waals surface area contributed by atoms with Crippen LogP contribution in [-0.4, -0.2) is 24.8 Å². The Hall–Kier alpha value is -1.13. The molecular formula is C17H23NO2S. The summed E-state index contributed by atoms with van der Waals surface area (Å²) >= 11 is 0. The van der Waals surface area contributed by atoms with E-state index in [0.29, 0.717) is 4.90 Å². The average molecular weight is 305 g/mol. The van der Waals surface area contributed by atoms with Crippen LogP contribution in [0.4, 0.5) is 0 Å². The van der Waals surface area contributed by atoms with E-state index in [0.717, 1.165) is 24.8 Å². The standard InChI is InChI=1S/C17H23NO2S/c1-17(2,3)13-7-11-16(12-8-13)21(19,20)18-14-5-4-6-15(18)10-9-14/h4-5,7-8,11-12,14-15H,6,9-10H2,1-3H3/t14-,15-/m0/s1. The highest BCUT2D eigenvalue weighted by Gasteiger charge is 2.42. The summed E-state index contributed by atoms with van der Waals surface area (Å²) in [4.78, 5) is 0.419. The van der Waals surface area contributed by atoms with Crippen LogP contribution in [0, 0.1) is 0 Å². The minimum Gasteiger partial charge on any atom is -0.207 e. The number of hydrogen-bond acceptors (Lipinski definition) is 2. The van der Waals surface area contributed by atoms with Gasteiger partial charge in [0.15, 0.2) is 0 Å². The van der Waals surface area contributed by atoms with Gasteiger partial charge in [0.2, 0.25) is 10.0 Å². The molecule has 0 N–H and O–H groups in total. The molecule has 2 atom stereocenters. The molecule has 21 heavy (non-hydrogen) atoms. The van der Waals surface area contributed by atoms with Gasteiger partial charge in [-0.3, -0.25) is 0 Å². The first-order valence-electron chi connectivity index (χ1n) is 7.61. The summed E-state index contributed by atoms with van der Waals surface area (Å²) in [5, 5.41) is 0. The zero-order chi connectivity index (χ0) is 15.3. The quantitative estimate of drug-likeness (QED) is 0.785. The Labute approximate surface area is 127 Å². The van der Waals surface area contributed by atoms with Crippen LogP contribution in [0.3, 0.4) is 0 Å². The molecule has 2 aliphatic heterocycles. The third-order valence-electron chi connectivity index (χ3n) is 4.54. The molecule has 0 radical (unpaired) electrons. The number of sulfonamides is 1. The largest absolute Gasteiger partial charge is 0.243 e. The van der Waals surface area contributed by atoms with Crippen molar-refractivity contribution in [1.29, 1.82) is 0 Å². The summed E-state index contributed by atoms with van der Waals surface area (Å²) in [7, 11) is -3.38. The lowest BCUT2D eigenvalue weighted by Gasteiger charge is -2.30. The maximum atomic E-state index is 12.9. The molecule has 114 valence electrons. The summed E-state index contributed by atoms with van der Waals surface area (Å²) in [6, 6.07) is 7.59. The van der Waals surface area contributed by atoms with Crippen LogP contribution in [0.25, 0.3) is 0 Å². The molecule has 1 saturated heterocycles. The second-order valence-corrected chi connectivity index (χ2v) is 8.91. The number of fused-ring (bicyclic) bond motifs is 2. The molecule has 0 aliphatic carbocycles. The van der Waals surface area contributed by atoms with E-state index in [-0.39, 0.29) is 17.5 Å². The highest BCUT2D eigenvalue weighted by molar-refractivity contribution is 7.89. The molecule has 3 rings (SSSR count). The zero-order valence-corrected chi connectivity index (χ0v) is 13.7. The van der Waals surface area contributed by atoms with Crippen molar-refractivity contribution in [1.82, 2.24) is 4.31 Å². The fourth-order valence-electron chi connectivity index (χ4n) is 3.31. The molecule has 2 aliphatic rings. The monoisotopic (exact) mass is 305 g/mol. The highest BCUT2D eigenvalue weighted by Crippen LogP contribution is 2.36. The van der Waals surface area contributed by atoms with E-state index >= 15 is 0 Å². The highest BCUT2D eigenvalue weighted by atomic mass is 32.2. The van der Waals surface area contributed by atoms with Gasteiger partial charge in [-0.25, -0.2) is 8.42 Å². The normalized spacial score (nSPS) is 26.2. The molecule has 3 nitrogen and oxygen atoms in total. The lowest BCUT2D eigenvalue weighted by Crippen LogP contribution is -2.41. The average Bonchev–Trinajstić information content (AvgIpc) is 2.69. The Kier molecular flexibility index (Phi) is 3.49. The third-order valence-corrected chi connectivity index (χ3v) is 6.54. The van der Waals surface area contributed by atoms with Crippen LogP contribution in [0.2, 0.25) is 0 Å². The minimum atomic E-state index is -3.38. The van der Waals surface area contributed by atoms with Gasteiger partial charge in [0.05, 0.1) is 4.90 Å². The second kappa shape index (κ2) is 4.96. The Morgan fingerprint density at radius 3 is 2.33 bits per heavy atom. The predicted molar refractivity (Wildman–Crippen MR) is 84.7 cm³/mol. The lowest BCUT2D eigenvalue weighted by atomic mass is 9.87. The molecule has 1 aromatic carbocycles. The van der Waals surface area contributed by atoms with E-state index in [2.05, 4.69) is 26.8 Å². The lowest BCUT2D eigenvalue weighted by molar-refractivity contribution is 0.341. The Bertz CT molecular complexity index is 653.